The number of pyridine rings is 1. The minimum atomic E-state index is -0.506. The van der Waals surface area contributed by atoms with Crippen LogP contribution in [0.1, 0.15) is 48.5 Å². The number of benzene rings is 2. The Hall–Kier alpha value is -4.11. The number of rotatable bonds is 8. The van der Waals surface area contributed by atoms with Gasteiger partial charge in [0.2, 0.25) is 5.89 Å². The number of nitrogens with zero attached hydrogens (tertiary/aromatic N) is 2. The van der Waals surface area contributed by atoms with Crippen LogP contribution in [0.4, 0.5) is 0 Å². The Morgan fingerprint density at radius 1 is 1.03 bits per heavy atom. The van der Waals surface area contributed by atoms with E-state index in [0.29, 0.717) is 40.6 Å². The number of aromatic amines is 1. The molecule has 9 heteroatoms. The lowest BCUT2D eigenvalue weighted by Crippen LogP contribution is -2.30. The third-order valence-electron chi connectivity index (χ3n) is 6.74. The van der Waals surface area contributed by atoms with Gasteiger partial charge in [0.1, 0.15) is 28.9 Å². The van der Waals surface area contributed by atoms with E-state index in [2.05, 4.69) is 33.5 Å². The van der Waals surface area contributed by atoms with Crippen LogP contribution in [0.5, 0.6) is 17.2 Å². The predicted octanol–water partition coefficient (Wildman–Crippen LogP) is 4.39. The smallest absolute Gasteiger partial charge is 0.264 e. The van der Waals surface area contributed by atoms with Gasteiger partial charge in [-0.1, -0.05) is 43.7 Å². The fraction of sp³-hybridized carbons (Fsp3) is 0.321. The van der Waals surface area contributed by atoms with Crippen molar-refractivity contribution in [3.63, 3.8) is 0 Å². The van der Waals surface area contributed by atoms with Gasteiger partial charge in [0.25, 0.3) is 11.4 Å². The zero-order chi connectivity index (χ0) is 25.9. The molecule has 1 aliphatic rings. The number of ether oxygens (including phenoxy) is 2. The summed E-state index contributed by atoms with van der Waals surface area (Å²) in [6.07, 6.45) is 3.18. The SMILES string of the molecule is CCCCc1[nH]c(=O)c(-c2nnc([C@H]3NCCc4ccccc43)o2)c(O)c1-c1c(OC)cccc1OC. The minimum absolute atomic E-state index is 0.0595. The van der Waals surface area contributed by atoms with E-state index in [4.69, 9.17) is 13.9 Å². The molecule has 1 aliphatic heterocycles. The number of nitrogens with one attached hydrogen (secondary N) is 2. The highest BCUT2D eigenvalue weighted by atomic mass is 16.5. The van der Waals surface area contributed by atoms with Crippen molar-refractivity contribution in [2.75, 3.05) is 20.8 Å². The third kappa shape index (κ3) is 4.46. The standard InChI is InChI=1S/C28H30N4O5/c1-4-5-11-18-21(22-19(35-2)12-8-13-20(22)36-3)25(33)23(26(34)30-18)27-31-32-28(37-27)24-17-10-7-6-9-16(17)14-15-29-24/h6-10,12-13,24,29H,4-5,11,14-15H2,1-3H3,(H2,30,33,34)/t24-/m0/s1. The largest absolute Gasteiger partial charge is 0.506 e. The molecule has 0 amide bonds. The maximum Gasteiger partial charge on any atom is 0.264 e. The molecule has 0 aliphatic carbocycles. The predicted molar refractivity (Wildman–Crippen MR) is 139 cm³/mol. The van der Waals surface area contributed by atoms with Crippen LogP contribution in [0.15, 0.2) is 51.7 Å². The van der Waals surface area contributed by atoms with Crippen molar-refractivity contribution >= 4 is 0 Å². The molecule has 0 saturated heterocycles. The molecular weight excluding hydrogens is 472 g/mol. The van der Waals surface area contributed by atoms with Gasteiger partial charge < -0.3 is 29.3 Å². The Balaban J connectivity index is 1.67. The van der Waals surface area contributed by atoms with Crippen molar-refractivity contribution in [1.29, 1.82) is 0 Å². The fourth-order valence-electron chi connectivity index (χ4n) is 4.92. The van der Waals surface area contributed by atoms with Gasteiger partial charge in [0, 0.05) is 12.2 Å². The first-order valence-corrected chi connectivity index (χ1v) is 12.4. The van der Waals surface area contributed by atoms with E-state index in [1.54, 1.807) is 32.4 Å². The van der Waals surface area contributed by atoms with E-state index in [9.17, 15) is 9.90 Å². The van der Waals surface area contributed by atoms with Crippen molar-refractivity contribution in [2.24, 2.45) is 0 Å². The molecule has 0 spiro atoms. The summed E-state index contributed by atoms with van der Waals surface area (Å²) in [4.78, 5) is 16.2. The molecule has 2 aromatic heterocycles. The second kappa shape index (κ2) is 10.5. The molecule has 0 saturated carbocycles. The van der Waals surface area contributed by atoms with Crippen molar-refractivity contribution in [3.8, 4) is 39.8 Å². The number of aromatic hydroxyl groups is 1. The Bertz CT molecular complexity index is 1450. The molecule has 4 aromatic rings. The Labute approximate surface area is 214 Å². The third-order valence-corrected chi connectivity index (χ3v) is 6.74. The van der Waals surface area contributed by atoms with Crippen LogP contribution in [-0.4, -0.2) is 41.1 Å². The molecule has 3 N–H and O–H groups in total. The number of hydrogen-bond acceptors (Lipinski definition) is 8. The molecule has 5 rings (SSSR count). The van der Waals surface area contributed by atoms with E-state index in [1.165, 1.54) is 5.56 Å². The monoisotopic (exact) mass is 502 g/mol. The van der Waals surface area contributed by atoms with Gasteiger partial charge in [0.05, 0.1) is 25.3 Å². The van der Waals surface area contributed by atoms with Gasteiger partial charge in [-0.15, -0.1) is 10.2 Å². The van der Waals surface area contributed by atoms with Crippen LogP contribution in [0.2, 0.25) is 0 Å². The van der Waals surface area contributed by atoms with Crippen LogP contribution in [0.3, 0.4) is 0 Å². The first kappa shape index (κ1) is 24.6. The highest BCUT2D eigenvalue weighted by Gasteiger charge is 2.30. The molecule has 2 aromatic carbocycles. The van der Waals surface area contributed by atoms with Crippen molar-refractivity contribution in [2.45, 2.75) is 38.6 Å². The first-order chi connectivity index (χ1) is 18.1. The first-order valence-electron chi connectivity index (χ1n) is 12.4. The molecule has 3 heterocycles. The lowest BCUT2D eigenvalue weighted by Gasteiger charge is -2.24. The number of methoxy groups -OCH3 is 2. The Morgan fingerprint density at radius 2 is 1.78 bits per heavy atom. The van der Waals surface area contributed by atoms with Gasteiger partial charge in [0.15, 0.2) is 0 Å². The summed E-state index contributed by atoms with van der Waals surface area (Å²) >= 11 is 0. The average molecular weight is 503 g/mol. The molecule has 192 valence electrons. The lowest BCUT2D eigenvalue weighted by atomic mass is 9.94. The summed E-state index contributed by atoms with van der Waals surface area (Å²) in [7, 11) is 3.10. The number of fused-ring (bicyclic) bond motifs is 1. The highest BCUT2D eigenvalue weighted by molar-refractivity contribution is 5.87. The summed E-state index contributed by atoms with van der Waals surface area (Å²) in [6.45, 7) is 2.82. The van der Waals surface area contributed by atoms with Gasteiger partial charge in [-0.3, -0.25) is 4.79 Å². The molecule has 0 radical (unpaired) electrons. The zero-order valence-corrected chi connectivity index (χ0v) is 21.1. The summed E-state index contributed by atoms with van der Waals surface area (Å²) in [5, 5.41) is 23.4. The zero-order valence-electron chi connectivity index (χ0n) is 21.1. The molecule has 37 heavy (non-hydrogen) atoms. The van der Waals surface area contributed by atoms with Gasteiger partial charge in [-0.25, -0.2) is 0 Å². The molecule has 0 unspecified atom stereocenters. The number of H-pyrrole nitrogens is 1. The van der Waals surface area contributed by atoms with Crippen LogP contribution in [-0.2, 0) is 12.8 Å². The number of aromatic nitrogens is 3. The van der Waals surface area contributed by atoms with E-state index in [0.717, 1.165) is 31.4 Å². The van der Waals surface area contributed by atoms with E-state index in [-0.39, 0.29) is 23.2 Å². The quantitative estimate of drug-likeness (QED) is 0.324. The number of hydrogen-bond donors (Lipinski definition) is 3. The summed E-state index contributed by atoms with van der Waals surface area (Å²) in [5.74, 6) is 1.01. The summed E-state index contributed by atoms with van der Waals surface area (Å²) < 4.78 is 17.2. The van der Waals surface area contributed by atoms with Crippen LogP contribution in [0, 0.1) is 0 Å². The lowest BCUT2D eigenvalue weighted by molar-refractivity contribution is 0.396. The Morgan fingerprint density at radius 3 is 2.51 bits per heavy atom. The highest BCUT2D eigenvalue weighted by Crippen LogP contribution is 2.46. The minimum Gasteiger partial charge on any atom is -0.506 e. The molecular formula is C28H30N4O5. The number of aryl methyl sites for hydroxylation is 1. The van der Waals surface area contributed by atoms with E-state index in [1.807, 2.05) is 18.2 Å². The second-order valence-corrected chi connectivity index (χ2v) is 8.95. The fourth-order valence-corrected chi connectivity index (χ4v) is 4.92. The topological polar surface area (TPSA) is 123 Å². The van der Waals surface area contributed by atoms with Crippen LogP contribution < -0.4 is 20.3 Å². The van der Waals surface area contributed by atoms with E-state index >= 15 is 0 Å². The average Bonchev–Trinajstić information content (AvgIpc) is 3.40. The van der Waals surface area contributed by atoms with E-state index < -0.39 is 5.56 Å². The molecule has 1 atom stereocenters. The Kier molecular flexibility index (Phi) is 6.96. The second-order valence-electron chi connectivity index (χ2n) is 8.95. The van der Waals surface area contributed by atoms with Crippen molar-refractivity contribution in [3.05, 3.63) is 75.5 Å². The maximum absolute atomic E-state index is 13.3. The normalized spacial score (nSPS) is 14.8. The summed E-state index contributed by atoms with van der Waals surface area (Å²) in [5.41, 5.74) is 3.20. The maximum atomic E-state index is 13.3. The number of unbranched alkanes of at least 4 members (excludes halogenated alkanes) is 1. The molecule has 0 fully saturated rings. The van der Waals surface area contributed by atoms with Gasteiger partial charge in [-0.2, -0.15) is 0 Å². The van der Waals surface area contributed by atoms with Crippen LogP contribution >= 0.6 is 0 Å². The molecule has 0 bridgehead atoms. The van der Waals surface area contributed by atoms with Crippen LogP contribution in [0.25, 0.3) is 22.6 Å². The van der Waals surface area contributed by atoms with Gasteiger partial charge in [-0.05, 0) is 42.5 Å². The molecule has 9 nitrogen and oxygen atoms in total. The van der Waals surface area contributed by atoms with Gasteiger partial charge >= 0.3 is 0 Å². The van der Waals surface area contributed by atoms with Crippen molar-refractivity contribution < 1.29 is 19.0 Å². The summed E-state index contributed by atoms with van der Waals surface area (Å²) in [6, 6.07) is 13.1. The van der Waals surface area contributed by atoms with Crippen molar-refractivity contribution in [1.82, 2.24) is 20.5 Å².